The normalized spacial score (nSPS) is 7.83. The molecule has 0 N–H and O–H groups in total. The molecule has 0 radical (unpaired) electrons. The van der Waals surface area contributed by atoms with Gasteiger partial charge >= 0.3 is 0 Å². The molecule has 0 saturated carbocycles. The smallest absolute Gasteiger partial charge is 0.260 e. The summed E-state index contributed by atoms with van der Waals surface area (Å²) in [6, 6.07) is 0. The Hall–Kier alpha value is 0.520. The second-order valence-electron chi connectivity index (χ2n) is 0.572. The summed E-state index contributed by atoms with van der Waals surface area (Å²) in [5.74, 6) is 0. The van der Waals surface area contributed by atoms with Crippen molar-refractivity contribution in [3.05, 3.63) is 0 Å². The molecule has 6 heavy (non-hydrogen) atoms. The van der Waals surface area contributed by atoms with Crippen LogP contribution in [0, 0.1) is 0 Å². The fraction of sp³-hybridized carbons (Fsp3) is 0. The van der Waals surface area contributed by atoms with Gasteiger partial charge in [0.05, 0.1) is 0 Å². The Morgan fingerprint density at radius 2 is 1.67 bits per heavy atom. The van der Waals surface area contributed by atoms with Crippen LogP contribution in [0.3, 0.4) is 0 Å². The summed E-state index contributed by atoms with van der Waals surface area (Å²) < 4.78 is 0.781. The van der Waals surface area contributed by atoms with Gasteiger partial charge in [0.2, 0.25) is 0 Å². The van der Waals surface area contributed by atoms with E-state index in [9.17, 15) is 4.79 Å². The van der Waals surface area contributed by atoms with Crippen molar-refractivity contribution in [1.29, 1.82) is 0 Å². The third kappa shape index (κ3) is 2.74. The van der Waals surface area contributed by atoms with E-state index in [4.69, 9.17) is 0 Å². The molecule has 0 aromatic heterocycles. The van der Waals surface area contributed by atoms with Crippen molar-refractivity contribution in [3.63, 3.8) is 0 Å². The molecule has 0 atom stereocenters. The van der Waals surface area contributed by atoms with Crippen LogP contribution in [0.2, 0.25) is 0 Å². The lowest BCUT2D eigenvalue weighted by atomic mass is 11.4. The van der Waals surface area contributed by atoms with Crippen LogP contribution >= 0.6 is 38.3 Å². The van der Waals surface area contributed by atoms with E-state index >= 15 is 0 Å². The monoisotopic (exact) mass is 141 g/mol. The molecule has 1 amide bonds. The standard InChI is InChI=1S/CH3NOS3/c3-1(4)2(5)6/h5-6H,(H,3,4). The topological polar surface area (TPSA) is 20.3 Å². The maximum absolute atomic E-state index is 9.78. The highest BCUT2D eigenvalue weighted by molar-refractivity contribution is 8.03. The Bertz CT molecular complexity index is 61.8. The van der Waals surface area contributed by atoms with Crippen LogP contribution in [-0.2, 0) is 0 Å². The van der Waals surface area contributed by atoms with Gasteiger partial charge < -0.3 is 0 Å². The van der Waals surface area contributed by atoms with Crippen molar-refractivity contribution in [1.82, 2.24) is 3.71 Å². The molecule has 0 rings (SSSR count). The average Bonchev–Trinajstić information content (AvgIpc) is 1.36. The molecule has 2 nitrogen and oxygen atoms in total. The molecule has 0 aliphatic carbocycles. The van der Waals surface area contributed by atoms with E-state index in [1.165, 1.54) is 0 Å². The molecule has 0 bridgehead atoms. The molecule has 0 aliphatic rings. The first-order valence-electron chi connectivity index (χ1n) is 1.05. The van der Waals surface area contributed by atoms with E-state index in [0.717, 1.165) is 3.71 Å². The van der Waals surface area contributed by atoms with Gasteiger partial charge in [-0.05, 0) is 0 Å². The fourth-order valence-electron chi connectivity index (χ4n) is 0. The van der Waals surface area contributed by atoms with Crippen molar-refractivity contribution < 1.29 is 4.79 Å². The highest BCUT2D eigenvalue weighted by atomic mass is 32.2. The van der Waals surface area contributed by atoms with Crippen molar-refractivity contribution in [2.75, 3.05) is 0 Å². The number of nitrogens with zero attached hydrogens (tertiary/aromatic N) is 1. The number of carbonyl (C=O) groups excluding carboxylic acids is 1. The molecule has 0 spiro atoms. The first-order valence-corrected chi connectivity index (χ1v) is 2.30. The molecule has 0 saturated heterocycles. The Morgan fingerprint density at radius 1 is 1.50 bits per heavy atom. The summed E-state index contributed by atoms with van der Waals surface area (Å²) in [6.07, 6.45) is 0. The molecular weight excluding hydrogens is 138 g/mol. The number of thiol groups is 3. The van der Waals surface area contributed by atoms with Gasteiger partial charge in [0.15, 0.2) is 0 Å². The van der Waals surface area contributed by atoms with Gasteiger partial charge in [0.1, 0.15) is 0 Å². The van der Waals surface area contributed by atoms with Crippen LogP contribution in [-0.4, -0.2) is 8.95 Å². The van der Waals surface area contributed by atoms with Crippen LogP contribution in [0.1, 0.15) is 0 Å². The zero-order chi connectivity index (χ0) is 5.15. The first kappa shape index (κ1) is 6.52. The summed E-state index contributed by atoms with van der Waals surface area (Å²) >= 11 is 10.3. The third-order valence-corrected chi connectivity index (χ3v) is 1.05. The van der Waals surface area contributed by atoms with Crippen LogP contribution in [0.15, 0.2) is 0 Å². The lowest BCUT2D eigenvalue weighted by Crippen LogP contribution is -1.98. The molecule has 0 aromatic rings. The SMILES string of the molecule is O=C(S)N(S)S. The van der Waals surface area contributed by atoms with Crippen LogP contribution < -0.4 is 0 Å². The quantitative estimate of drug-likeness (QED) is 0.430. The average molecular weight is 141 g/mol. The van der Waals surface area contributed by atoms with Crippen molar-refractivity contribution in [2.45, 2.75) is 0 Å². The zero-order valence-corrected chi connectivity index (χ0v) is 5.38. The van der Waals surface area contributed by atoms with Gasteiger partial charge in [-0.25, -0.2) is 3.71 Å². The fourth-order valence-corrected chi connectivity index (χ4v) is 0. The second-order valence-corrected chi connectivity index (χ2v) is 2.07. The highest BCUT2D eigenvalue weighted by Crippen LogP contribution is 2.00. The minimum Gasteiger partial charge on any atom is -0.260 e. The number of carbonyl (C=O) groups is 1. The Labute approximate surface area is 52.4 Å². The zero-order valence-electron chi connectivity index (χ0n) is 2.70. The molecule has 0 unspecified atom stereocenters. The van der Waals surface area contributed by atoms with Crippen molar-refractivity contribution in [3.8, 4) is 0 Å². The van der Waals surface area contributed by atoms with E-state index in [1.807, 2.05) is 0 Å². The van der Waals surface area contributed by atoms with Gasteiger partial charge in [-0.3, -0.25) is 4.79 Å². The predicted octanol–water partition coefficient (Wildman–Crippen LogP) is 1.03. The molecule has 5 heteroatoms. The summed E-state index contributed by atoms with van der Waals surface area (Å²) in [7, 11) is 0. The largest absolute Gasteiger partial charge is 0.298 e. The maximum atomic E-state index is 9.78. The second kappa shape index (κ2) is 2.65. The lowest BCUT2D eigenvalue weighted by molar-refractivity contribution is 0.259. The van der Waals surface area contributed by atoms with Crippen LogP contribution in [0.4, 0.5) is 4.79 Å². The van der Waals surface area contributed by atoms with E-state index in [1.54, 1.807) is 0 Å². The van der Waals surface area contributed by atoms with Gasteiger partial charge in [-0.2, -0.15) is 0 Å². The Kier molecular flexibility index (Phi) is 2.88. The molecule has 0 heterocycles. The van der Waals surface area contributed by atoms with E-state index in [0.29, 0.717) is 0 Å². The Morgan fingerprint density at radius 3 is 1.67 bits per heavy atom. The van der Waals surface area contributed by atoms with Gasteiger partial charge in [0, 0.05) is 0 Å². The summed E-state index contributed by atoms with van der Waals surface area (Å²) in [6.45, 7) is 0. The molecule has 0 aromatic carbocycles. The van der Waals surface area contributed by atoms with Crippen molar-refractivity contribution >= 4 is 43.5 Å². The van der Waals surface area contributed by atoms with Crippen LogP contribution in [0.5, 0.6) is 0 Å². The van der Waals surface area contributed by atoms with E-state index in [-0.39, 0.29) is 0 Å². The maximum Gasteiger partial charge on any atom is 0.298 e. The number of hydrogen-bond donors (Lipinski definition) is 3. The van der Waals surface area contributed by atoms with Gasteiger partial charge in [-0.1, -0.05) is 38.3 Å². The minimum absolute atomic E-state index is 0.485. The lowest BCUT2D eigenvalue weighted by Gasteiger charge is -1.96. The number of hydrogen-bond acceptors (Lipinski definition) is 3. The molecule has 0 fully saturated rings. The van der Waals surface area contributed by atoms with Gasteiger partial charge in [0.25, 0.3) is 5.24 Å². The molecular formula is CH3NOS3. The molecule has 0 aliphatic heterocycles. The highest BCUT2D eigenvalue weighted by Gasteiger charge is 1.92. The Balaban J connectivity index is 3.26. The third-order valence-electron chi connectivity index (χ3n) is 0.171. The summed E-state index contributed by atoms with van der Waals surface area (Å²) in [5, 5.41) is -0.485. The van der Waals surface area contributed by atoms with E-state index < -0.39 is 5.24 Å². The minimum atomic E-state index is -0.485. The number of amides is 1. The summed E-state index contributed by atoms with van der Waals surface area (Å²) in [4.78, 5) is 9.78. The van der Waals surface area contributed by atoms with Crippen molar-refractivity contribution in [2.24, 2.45) is 0 Å². The predicted molar refractivity (Wildman–Crippen MR) is 34.2 cm³/mol. The summed E-state index contributed by atoms with van der Waals surface area (Å²) in [5.41, 5.74) is 0. The molecule has 36 valence electrons. The van der Waals surface area contributed by atoms with Gasteiger partial charge in [-0.15, -0.1) is 0 Å². The number of rotatable bonds is 0. The first-order chi connectivity index (χ1) is 2.64. The van der Waals surface area contributed by atoms with E-state index in [2.05, 4.69) is 38.3 Å². The van der Waals surface area contributed by atoms with Crippen LogP contribution in [0.25, 0.3) is 0 Å².